The summed E-state index contributed by atoms with van der Waals surface area (Å²) in [7, 11) is 0. The Morgan fingerprint density at radius 3 is 1.90 bits per heavy atom. The van der Waals surface area contributed by atoms with Crippen molar-refractivity contribution in [2.24, 2.45) is 0 Å². The van der Waals surface area contributed by atoms with Crippen LogP contribution in [0.25, 0.3) is 21.8 Å². The van der Waals surface area contributed by atoms with Crippen molar-refractivity contribution >= 4 is 59.4 Å². The molecule has 4 aromatic rings. The molecule has 3 aromatic carbocycles. The topological polar surface area (TPSA) is 31.6 Å². The number of aliphatic hydroxyl groups excluding tert-OH is 1. The van der Waals surface area contributed by atoms with Gasteiger partial charge >= 0.3 is 0 Å². The fourth-order valence-electron chi connectivity index (χ4n) is 4.64. The fraction of sp³-hybridized carbons (Fsp3) is 0.280. The van der Waals surface area contributed by atoms with Crippen LogP contribution in [0.2, 0.25) is 0 Å². The van der Waals surface area contributed by atoms with Crippen LogP contribution >= 0.6 is 31.9 Å². The van der Waals surface area contributed by atoms with Crippen LogP contribution in [-0.4, -0.2) is 53.4 Å². The molecular weight excluding hydrogens is 518 g/mol. The van der Waals surface area contributed by atoms with E-state index >= 15 is 0 Å². The van der Waals surface area contributed by atoms with E-state index in [2.05, 4.69) is 113 Å². The number of benzene rings is 3. The van der Waals surface area contributed by atoms with Crippen molar-refractivity contribution in [3.05, 3.63) is 75.7 Å². The second-order valence-corrected chi connectivity index (χ2v) is 10.0. The summed E-state index contributed by atoms with van der Waals surface area (Å²) in [5, 5.41) is 13.4. The molecule has 6 heteroatoms. The molecule has 1 fully saturated rings. The molecule has 1 aliphatic rings. The van der Waals surface area contributed by atoms with E-state index in [1.807, 2.05) is 0 Å². The number of fused-ring (bicyclic) bond motifs is 3. The molecule has 31 heavy (non-hydrogen) atoms. The first-order valence-corrected chi connectivity index (χ1v) is 12.2. The van der Waals surface area contributed by atoms with E-state index in [1.165, 1.54) is 16.5 Å². The summed E-state index contributed by atoms with van der Waals surface area (Å²) in [5.74, 6) is 0. The summed E-state index contributed by atoms with van der Waals surface area (Å²) in [6.45, 7) is 5.21. The van der Waals surface area contributed by atoms with E-state index in [0.29, 0.717) is 13.1 Å². The van der Waals surface area contributed by atoms with Crippen LogP contribution in [0.3, 0.4) is 0 Å². The molecule has 1 aromatic heterocycles. The van der Waals surface area contributed by atoms with Gasteiger partial charge in [0.2, 0.25) is 0 Å². The quantitative estimate of drug-likeness (QED) is 0.361. The third kappa shape index (κ3) is 4.40. The van der Waals surface area contributed by atoms with Gasteiger partial charge in [-0.2, -0.15) is 0 Å². The van der Waals surface area contributed by atoms with Gasteiger partial charge in [-0.15, -0.1) is 0 Å². The van der Waals surface area contributed by atoms with Gasteiger partial charge in [-0.1, -0.05) is 50.1 Å². The Hall–Kier alpha value is -1.86. The third-order valence-corrected chi connectivity index (χ3v) is 7.13. The average molecular weight is 543 g/mol. The molecule has 0 bridgehead atoms. The Morgan fingerprint density at radius 2 is 1.32 bits per heavy atom. The average Bonchev–Trinajstić information content (AvgIpc) is 3.07. The Labute approximate surface area is 199 Å². The molecule has 1 aliphatic heterocycles. The second-order valence-electron chi connectivity index (χ2n) is 8.21. The molecule has 0 amide bonds. The van der Waals surface area contributed by atoms with Gasteiger partial charge in [-0.05, 0) is 48.5 Å². The van der Waals surface area contributed by atoms with E-state index in [0.717, 1.165) is 46.2 Å². The highest BCUT2D eigenvalue weighted by Gasteiger charge is 2.21. The first-order valence-electron chi connectivity index (χ1n) is 10.7. The molecule has 160 valence electrons. The Bertz CT molecular complexity index is 1140. The van der Waals surface area contributed by atoms with E-state index in [-0.39, 0.29) is 0 Å². The van der Waals surface area contributed by atoms with Gasteiger partial charge in [0.05, 0.1) is 12.6 Å². The number of anilines is 1. The second kappa shape index (κ2) is 8.94. The lowest BCUT2D eigenvalue weighted by molar-refractivity contribution is 0.0969. The lowest BCUT2D eigenvalue weighted by atomic mass is 10.2. The normalized spacial score (nSPS) is 16.3. The number of piperazine rings is 1. The van der Waals surface area contributed by atoms with Crippen molar-refractivity contribution in [1.29, 1.82) is 0 Å². The van der Waals surface area contributed by atoms with Crippen molar-refractivity contribution in [3.63, 3.8) is 0 Å². The van der Waals surface area contributed by atoms with Gasteiger partial charge in [-0.25, -0.2) is 0 Å². The highest BCUT2D eigenvalue weighted by molar-refractivity contribution is 9.10. The lowest BCUT2D eigenvalue weighted by Crippen LogP contribution is -2.49. The van der Waals surface area contributed by atoms with Gasteiger partial charge < -0.3 is 14.6 Å². The van der Waals surface area contributed by atoms with Crippen LogP contribution < -0.4 is 4.90 Å². The molecule has 1 N–H and O–H groups in total. The minimum Gasteiger partial charge on any atom is -0.390 e. The molecule has 4 nitrogen and oxygen atoms in total. The standard InChI is InChI=1S/C25H25Br2N3O/c26-18-6-8-24-22(14-18)23-15-19(27)7-9-25(23)30(24)17-21(31)16-28-10-12-29(13-11-28)20-4-2-1-3-5-20/h1-9,14-15,21,31H,10-13,16-17H2/t21-/m0/s1. The highest BCUT2D eigenvalue weighted by atomic mass is 79.9. The number of aromatic nitrogens is 1. The largest absolute Gasteiger partial charge is 0.390 e. The summed E-state index contributed by atoms with van der Waals surface area (Å²) < 4.78 is 4.39. The summed E-state index contributed by atoms with van der Waals surface area (Å²) >= 11 is 7.21. The van der Waals surface area contributed by atoms with Crippen molar-refractivity contribution < 1.29 is 5.11 Å². The Kier molecular flexibility index (Phi) is 6.06. The maximum Gasteiger partial charge on any atom is 0.0845 e. The number of halogens is 2. The zero-order valence-electron chi connectivity index (χ0n) is 17.2. The minimum atomic E-state index is -0.422. The minimum absolute atomic E-state index is 0.422. The number of nitrogens with zero attached hydrogens (tertiary/aromatic N) is 3. The number of β-amino-alcohol motifs (C(OH)–C–C–N with tert-alkyl or cyclic N) is 1. The maximum atomic E-state index is 11.0. The van der Waals surface area contributed by atoms with E-state index in [4.69, 9.17) is 0 Å². The summed E-state index contributed by atoms with van der Waals surface area (Å²) in [4.78, 5) is 4.80. The summed E-state index contributed by atoms with van der Waals surface area (Å²) in [5.41, 5.74) is 3.60. The SMILES string of the molecule is O[C@@H](CN1CCN(c2ccccc2)CC1)Cn1c2ccc(Br)cc2c2cc(Br)ccc21. The molecule has 5 rings (SSSR count). The number of aliphatic hydroxyl groups is 1. The van der Waals surface area contributed by atoms with Crippen LogP contribution in [0.5, 0.6) is 0 Å². The molecule has 0 aliphatic carbocycles. The number of para-hydroxylation sites is 1. The van der Waals surface area contributed by atoms with Crippen LogP contribution in [0.15, 0.2) is 75.7 Å². The van der Waals surface area contributed by atoms with Gasteiger partial charge in [0, 0.05) is 69.2 Å². The lowest BCUT2D eigenvalue weighted by Gasteiger charge is -2.37. The van der Waals surface area contributed by atoms with E-state index in [1.54, 1.807) is 0 Å². The molecule has 0 radical (unpaired) electrons. The molecule has 0 unspecified atom stereocenters. The molecule has 1 saturated heterocycles. The van der Waals surface area contributed by atoms with E-state index < -0.39 is 6.10 Å². The van der Waals surface area contributed by atoms with Crippen LogP contribution in [0.4, 0.5) is 5.69 Å². The van der Waals surface area contributed by atoms with Crippen molar-refractivity contribution in [1.82, 2.24) is 9.47 Å². The van der Waals surface area contributed by atoms with E-state index in [9.17, 15) is 5.11 Å². The smallest absolute Gasteiger partial charge is 0.0845 e. The van der Waals surface area contributed by atoms with Gasteiger partial charge in [0.15, 0.2) is 0 Å². The first kappa shape index (κ1) is 21.0. The monoisotopic (exact) mass is 541 g/mol. The summed E-state index contributed by atoms with van der Waals surface area (Å²) in [6, 6.07) is 23.3. The number of hydrogen-bond acceptors (Lipinski definition) is 3. The predicted molar refractivity (Wildman–Crippen MR) is 136 cm³/mol. The molecular formula is C25H25Br2N3O. The third-order valence-electron chi connectivity index (χ3n) is 6.14. The molecule has 2 heterocycles. The first-order chi connectivity index (χ1) is 15.1. The predicted octanol–water partition coefficient (Wildman–Crippen LogP) is 5.50. The van der Waals surface area contributed by atoms with Gasteiger partial charge in [-0.3, -0.25) is 4.90 Å². The van der Waals surface area contributed by atoms with Gasteiger partial charge in [0.1, 0.15) is 0 Å². The Balaban J connectivity index is 1.31. The van der Waals surface area contributed by atoms with Crippen LogP contribution in [-0.2, 0) is 6.54 Å². The fourth-order valence-corrected chi connectivity index (χ4v) is 5.36. The Morgan fingerprint density at radius 1 is 0.742 bits per heavy atom. The van der Waals surface area contributed by atoms with Crippen molar-refractivity contribution in [2.45, 2.75) is 12.6 Å². The van der Waals surface area contributed by atoms with Crippen LogP contribution in [0.1, 0.15) is 0 Å². The number of hydrogen-bond donors (Lipinski definition) is 1. The maximum absolute atomic E-state index is 11.0. The zero-order chi connectivity index (χ0) is 21.4. The van der Waals surface area contributed by atoms with Crippen molar-refractivity contribution in [3.8, 4) is 0 Å². The zero-order valence-corrected chi connectivity index (χ0v) is 20.4. The molecule has 1 atom stereocenters. The molecule has 0 saturated carbocycles. The number of rotatable bonds is 5. The summed E-state index contributed by atoms with van der Waals surface area (Å²) in [6.07, 6.45) is -0.422. The highest BCUT2D eigenvalue weighted by Crippen LogP contribution is 2.33. The van der Waals surface area contributed by atoms with Crippen molar-refractivity contribution in [2.75, 3.05) is 37.6 Å². The van der Waals surface area contributed by atoms with Crippen LogP contribution in [0, 0.1) is 0 Å². The molecule has 0 spiro atoms. The van der Waals surface area contributed by atoms with Gasteiger partial charge in [0.25, 0.3) is 0 Å².